The maximum Gasteiger partial charge on any atom is 0.308 e. The van der Waals surface area contributed by atoms with E-state index in [1.165, 1.54) is 12.1 Å². The molecule has 2 aromatic rings. The number of aromatic nitrogens is 1. The molecule has 1 aromatic heterocycles. The lowest BCUT2D eigenvalue weighted by Crippen LogP contribution is -2.17. The van der Waals surface area contributed by atoms with Crippen molar-refractivity contribution in [3.8, 4) is 5.75 Å². The molecular weight excluding hydrogens is 396 g/mol. The molecule has 2 rings (SSSR count). The minimum Gasteiger partial charge on any atom is -0.481 e. The summed E-state index contributed by atoms with van der Waals surface area (Å²) in [5.74, 6) is -2.94. The summed E-state index contributed by atoms with van der Waals surface area (Å²) in [7, 11) is 0. The van der Waals surface area contributed by atoms with E-state index in [0.717, 1.165) is 11.4 Å². The van der Waals surface area contributed by atoms with Crippen molar-refractivity contribution in [3.63, 3.8) is 0 Å². The molecule has 2 unspecified atom stereocenters. The molecule has 0 spiro atoms. The van der Waals surface area contributed by atoms with Crippen LogP contribution in [0.3, 0.4) is 0 Å². The third-order valence-corrected chi connectivity index (χ3v) is 5.54. The molecule has 0 aliphatic rings. The number of esters is 1. The molecule has 0 aliphatic carbocycles. The monoisotopic (exact) mass is 423 g/mol. The highest BCUT2D eigenvalue weighted by Gasteiger charge is 2.18. The number of carbonyl (C=O) groups excluding carboxylic acids is 1. The molecule has 7 heteroatoms. The van der Waals surface area contributed by atoms with Gasteiger partial charge in [-0.1, -0.05) is 26.8 Å². The van der Waals surface area contributed by atoms with Gasteiger partial charge in [-0.15, -0.1) is 11.8 Å². The van der Waals surface area contributed by atoms with Crippen LogP contribution in [-0.4, -0.2) is 22.8 Å². The molecule has 158 valence electrons. The van der Waals surface area contributed by atoms with Gasteiger partial charge in [-0.25, -0.2) is 13.8 Å². The Bertz CT molecular complexity index is 808. The van der Waals surface area contributed by atoms with Crippen molar-refractivity contribution in [2.24, 2.45) is 5.92 Å². The fourth-order valence-electron chi connectivity index (χ4n) is 2.63. The first-order valence-electron chi connectivity index (χ1n) is 9.73. The van der Waals surface area contributed by atoms with Gasteiger partial charge >= 0.3 is 5.97 Å². The molecule has 0 fully saturated rings. The lowest BCUT2D eigenvalue weighted by Gasteiger charge is -2.13. The van der Waals surface area contributed by atoms with Crippen LogP contribution in [-0.2, 0) is 22.6 Å². The molecular formula is C22H27F2NO3S. The first-order chi connectivity index (χ1) is 13.8. The van der Waals surface area contributed by atoms with Gasteiger partial charge in [0.15, 0.2) is 17.4 Å². The Balaban J connectivity index is 2.05. The van der Waals surface area contributed by atoms with Crippen LogP contribution >= 0.6 is 11.8 Å². The average molecular weight is 424 g/mol. The highest BCUT2D eigenvalue weighted by atomic mass is 32.2. The second kappa shape index (κ2) is 11.1. The fourth-order valence-corrected chi connectivity index (χ4v) is 3.53. The molecule has 0 saturated carbocycles. The van der Waals surface area contributed by atoms with E-state index in [2.05, 4.69) is 18.8 Å². The van der Waals surface area contributed by atoms with Gasteiger partial charge < -0.3 is 9.47 Å². The van der Waals surface area contributed by atoms with Crippen LogP contribution in [0.25, 0.3) is 0 Å². The van der Waals surface area contributed by atoms with E-state index in [1.807, 2.05) is 12.1 Å². The summed E-state index contributed by atoms with van der Waals surface area (Å²) >= 11 is 1.65. The van der Waals surface area contributed by atoms with Gasteiger partial charge in [0, 0.05) is 5.25 Å². The van der Waals surface area contributed by atoms with Crippen molar-refractivity contribution in [1.29, 1.82) is 0 Å². The number of ether oxygens (including phenoxy) is 2. The van der Waals surface area contributed by atoms with Gasteiger partial charge in [-0.2, -0.15) is 0 Å². The Morgan fingerprint density at radius 1 is 1.17 bits per heavy atom. The molecule has 2 atom stereocenters. The molecule has 0 bridgehead atoms. The highest BCUT2D eigenvalue weighted by molar-refractivity contribution is 7.99. The molecule has 0 amide bonds. The third kappa shape index (κ3) is 6.99. The third-order valence-electron chi connectivity index (χ3n) is 4.33. The quantitative estimate of drug-likeness (QED) is 0.369. The summed E-state index contributed by atoms with van der Waals surface area (Å²) in [4.78, 5) is 16.2. The largest absolute Gasteiger partial charge is 0.481 e. The van der Waals surface area contributed by atoms with Crippen molar-refractivity contribution >= 4 is 17.7 Å². The van der Waals surface area contributed by atoms with E-state index in [-0.39, 0.29) is 19.6 Å². The van der Waals surface area contributed by atoms with Crippen LogP contribution < -0.4 is 4.74 Å². The molecule has 0 N–H and O–H groups in total. The second-order valence-electron chi connectivity index (χ2n) is 6.84. The van der Waals surface area contributed by atoms with Gasteiger partial charge in [0.25, 0.3) is 0 Å². The summed E-state index contributed by atoms with van der Waals surface area (Å²) in [6.45, 7) is 7.82. The van der Waals surface area contributed by atoms with Crippen LogP contribution in [0.5, 0.6) is 5.75 Å². The lowest BCUT2D eigenvalue weighted by molar-refractivity contribution is -0.147. The summed E-state index contributed by atoms with van der Waals surface area (Å²) in [5.41, 5.74) is 0.968. The van der Waals surface area contributed by atoms with Gasteiger partial charge in [0.1, 0.15) is 6.61 Å². The zero-order valence-electron chi connectivity index (χ0n) is 17.2. The number of carbonyl (C=O) groups is 1. The minimum absolute atomic E-state index is 0.0404. The van der Waals surface area contributed by atoms with Crippen LogP contribution in [0.2, 0.25) is 0 Å². The first-order valence-corrected chi connectivity index (χ1v) is 10.6. The summed E-state index contributed by atoms with van der Waals surface area (Å²) < 4.78 is 39.1. The number of benzene rings is 1. The first kappa shape index (κ1) is 23.1. The predicted molar refractivity (Wildman–Crippen MR) is 110 cm³/mol. The zero-order chi connectivity index (χ0) is 21.4. The minimum atomic E-state index is -0.804. The standard InChI is InChI=1S/C22H27F2NO3S/c1-5-15(4)29-20-9-7-8-17(25-20)13-28-21-18(23)11-16(12-19(21)24)10-14(3)22(26)27-6-2/h7-9,11-12,14-15H,5-6,10,13H2,1-4H3. The summed E-state index contributed by atoms with van der Waals surface area (Å²) in [6.07, 6.45) is 1.20. The molecule has 1 heterocycles. The van der Waals surface area contributed by atoms with Crippen LogP contribution in [0, 0.1) is 17.6 Å². The van der Waals surface area contributed by atoms with Crippen molar-refractivity contribution in [1.82, 2.24) is 4.98 Å². The summed E-state index contributed by atoms with van der Waals surface area (Å²) in [5, 5.41) is 1.28. The second-order valence-corrected chi connectivity index (χ2v) is 8.30. The maximum atomic E-state index is 14.4. The number of hydrogen-bond acceptors (Lipinski definition) is 5. The number of nitrogens with zero attached hydrogens (tertiary/aromatic N) is 1. The van der Waals surface area contributed by atoms with Crippen LogP contribution in [0.15, 0.2) is 35.4 Å². The molecule has 0 saturated heterocycles. The molecule has 29 heavy (non-hydrogen) atoms. The van der Waals surface area contributed by atoms with Gasteiger partial charge in [0.05, 0.1) is 23.2 Å². The van der Waals surface area contributed by atoms with Crippen LogP contribution in [0.4, 0.5) is 8.78 Å². The van der Waals surface area contributed by atoms with Crippen LogP contribution in [0.1, 0.15) is 45.4 Å². The van der Waals surface area contributed by atoms with E-state index < -0.39 is 29.3 Å². The Hall–Kier alpha value is -2.15. The number of pyridine rings is 1. The normalized spacial score (nSPS) is 13.0. The molecule has 0 radical (unpaired) electrons. The molecule has 4 nitrogen and oxygen atoms in total. The van der Waals surface area contributed by atoms with Gasteiger partial charge in [-0.3, -0.25) is 4.79 Å². The summed E-state index contributed by atoms with van der Waals surface area (Å²) in [6, 6.07) is 7.89. The lowest BCUT2D eigenvalue weighted by atomic mass is 10.0. The maximum absolute atomic E-state index is 14.4. The van der Waals surface area contributed by atoms with Crippen molar-refractivity contribution in [2.75, 3.05) is 6.61 Å². The highest BCUT2D eigenvalue weighted by Crippen LogP contribution is 2.27. The Morgan fingerprint density at radius 2 is 1.86 bits per heavy atom. The topological polar surface area (TPSA) is 48.4 Å². The van der Waals surface area contributed by atoms with E-state index in [0.29, 0.717) is 16.5 Å². The Labute approximate surface area is 175 Å². The number of halogens is 2. The van der Waals surface area contributed by atoms with E-state index in [4.69, 9.17) is 9.47 Å². The fraction of sp³-hybridized carbons (Fsp3) is 0.455. The van der Waals surface area contributed by atoms with Crippen molar-refractivity contribution < 1.29 is 23.0 Å². The predicted octanol–water partition coefficient (Wildman–Crippen LogP) is 5.57. The van der Waals surface area contributed by atoms with Gasteiger partial charge in [-0.05, 0) is 49.6 Å². The van der Waals surface area contributed by atoms with Crippen molar-refractivity contribution in [3.05, 3.63) is 53.2 Å². The number of hydrogen-bond donors (Lipinski definition) is 0. The Kier molecular flexibility index (Phi) is 8.89. The SMILES string of the molecule is CCOC(=O)C(C)Cc1cc(F)c(OCc2cccc(SC(C)CC)n2)c(F)c1. The smallest absolute Gasteiger partial charge is 0.308 e. The van der Waals surface area contributed by atoms with Crippen molar-refractivity contribution in [2.45, 2.75) is 57.4 Å². The molecule has 0 aliphatic heterocycles. The average Bonchev–Trinajstić information content (AvgIpc) is 2.67. The van der Waals surface area contributed by atoms with E-state index in [1.54, 1.807) is 31.7 Å². The number of thioether (sulfide) groups is 1. The molecule has 1 aromatic carbocycles. The zero-order valence-corrected chi connectivity index (χ0v) is 18.0. The van der Waals surface area contributed by atoms with E-state index in [9.17, 15) is 13.6 Å². The van der Waals surface area contributed by atoms with E-state index >= 15 is 0 Å². The number of rotatable bonds is 10. The van der Waals surface area contributed by atoms with Gasteiger partial charge in [0.2, 0.25) is 0 Å². The Morgan fingerprint density at radius 3 is 2.48 bits per heavy atom.